The third-order valence-corrected chi connectivity index (χ3v) is 3.81. The van der Waals surface area contributed by atoms with E-state index in [0.717, 1.165) is 30.4 Å². The zero-order valence-corrected chi connectivity index (χ0v) is 14.7. The van der Waals surface area contributed by atoms with Gasteiger partial charge in [0.05, 0.1) is 12.4 Å². The standard InChI is InChI=1S/C22H26N2/c1-3-5-6-8-20-11-15-22(16-12-20)18-24-23-17-21-13-9-19(7-4-2)10-14-21/h3,5,9-18H,4,6-8H2,1-2H3/b5-3+,23-17?,24-18?. The van der Waals surface area contributed by atoms with Gasteiger partial charge in [-0.05, 0) is 48.4 Å². The number of allylic oxidation sites excluding steroid dienone is 2. The van der Waals surface area contributed by atoms with Crippen molar-refractivity contribution in [1.82, 2.24) is 0 Å². The fourth-order valence-electron chi connectivity index (χ4n) is 2.45. The van der Waals surface area contributed by atoms with Crippen LogP contribution in [0.1, 0.15) is 48.9 Å². The van der Waals surface area contributed by atoms with Gasteiger partial charge in [0.25, 0.3) is 0 Å². The van der Waals surface area contributed by atoms with Gasteiger partial charge < -0.3 is 0 Å². The van der Waals surface area contributed by atoms with Crippen LogP contribution in [-0.2, 0) is 12.8 Å². The van der Waals surface area contributed by atoms with Crippen molar-refractivity contribution in [2.45, 2.75) is 39.5 Å². The topological polar surface area (TPSA) is 24.7 Å². The predicted octanol–water partition coefficient (Wildman–Crippen LogP) is 5.60. The van der Waals surface area contributed by atoms with Crippen LogP contribution in [0.3, 0.4) is 0 Å². The van der Waals surface area contributed by atoms with Crippen molar-refractivity contribution in [3.63, 3.8) is 0 Å². The van der Waals surface area contributed by atoms with Gasteiger partial charge in [-0.2, -0.15) is 10.2 Å². The van der Waals surface area contributed by atoms with E-state index in [4.69, 9.17) is 0 Å². The Morgan fingerprint density at radius 1 is 0.750 bits per heavy atom. The molecule has 0 bridgehead atoms. The molecule has 0 aromatic heterocycles. The zero-order chi connectivity index (χ0) is 17.0. The minimum Gasteiger partial charge on any atom is -0.159 e. The highest BCUT2D eigenvalue weighted by Gasteiger charge is 1.93. The fourth-order valence-corrected chi connectivity index (χ4v) is 2.45. The Bertz CT molecular complexity index is 677. The summed E-state index contributed by atoms with van der Waals surface area (Å²) < 4.78 is 0. The lowest BCUT2D eigenvalue weighted by atomic mass is 10.1. The molecule has 0 amide bonds. The van der Waals surface area contributed by atoms with E-state index in [0.29, 0.717) is 0 Å². The van der Waals surface area contributed by atoms with Gasteiger partial charge in [-0.15, -0.1) is 0 Å². The van der Waals surface area contributed by atoms with Gasteiger partial charge in [0.1, 0.15) is 0 Å². The minimum atomic E-state index is 1.07. The van der Waals surface area contributed by atoms with E-state index in [2.05, 4.69) is 84.7 Å². The summed E-state index contributed by atoms with van der Waals surface area (Å²) in [5, 5.41) is 8.26. The Morgan fingerprint density at radius 2 is 1.25 bits per heavy atom. The largest absolute Gasteiger partial charge is 0.159 e. The maximum Gasteiger partial charge on any atom is 0.0568 e. The highest BCUT2D eigenvalue weighted by atomic mass is 15.2. The summed E-state index contributed by atoms with van der Waals surface area (Å²) in [5.74, 6) is 0. The Kier molecular flexibility index (Phi) is 7.69. The molecule has 2 aromatic carbocycles. The SMILES string of the molecule is C/C=C/CCc1ccc(C=NN=Cc2ccc(CCC)cc2)cc1. The number of hydrogen-bond acceptors (Lipinski definition) is 2. The predicted molar refractivity (Wildman–Crippen MR) is 105 cm³/mol. The van der Waals surface area contributed by atoms with Crippen LogP contribution in [0.25, 0.3) is 0 Å². The Morgan fingerprint density at radius 3 is 1.71 bits per heavy atom. The molecule has 0 saturated carbocycles. The fraction of sp³-hybridized carbons (Fsp3) is 0.273. The quantitative estimate of drug-likeness (QED) is 0.344. The molecule has 0 aliphatic rings. The van der Waals surface area contributed by atoms with E-state index in [1.165, 1.54) is 17.5 Å². The van der Waals surface area contributed by atoms with E-state index in [9.17, 15) is 0 Å². The number of aryl methyl sites for hydroxylation is 2. The summed E-state index contributed by atoms with van der Waals surface area (Å²) in [7, 11) is 0. The lowest BCUT2D eigenvalue weighted by Gasteiger charge is -1.99. The smallest absolute Gasteiger partial charge is 0.0568 e. The zero-order valence-electron chi connectivity index (χ0n) is 14.7. The summed E-state index contributed by atoms with van der Waals surface area (Å²) in [6, 6.07) is 17.0. The maximum atomic E-state index is 4.13. The summed E-state index contributed by atoms with van der Waals surface area (Å²) in [4.78, 5) is 0. The van der Waals surface area contributed by atoms with Crippen LogP contribution in [0.15, 0.2) is 70.9 Å². The molecule has 2 nitrogen and oxygen atoms in total. The van der Waals surface area contributed by atoms with Crippen LogP contribution in [-0.4, -0.2) is 12.4 Å². The molecule has 0 N–H and O–H groups in total. The molecular weight excluding hydrogens is 292 g/mol. The normalized spacial score (nSPS) is 11.9. The number of benzene rings is 2. The van der Waals surface area contributed by atoms with E-state index in [1.54, 1.807) is 12.4 Å². The van der Waals surface area contributed by atoms with Gasteiger partial charge in [0.2, 0.25) is 0 Å². The third kappa shape index (κ3) is 6.33. The minimum absolute atomic E-state index is 1.07. The van der Waals surface area contributed by atoms with Crippen molar-refractivity contribution in [2.75, 3.05) is 0 Å². The molecule has 2 rings (SSSR count). The van der Waals surface area contributed by atoms with E-state index < -0.39 is 0 Å². The van der Waals surface area contributed by atoms with Crippen LogP contribution in [0.4, 0.5) is 0 Å². The lowest BCUT2D eigenvalue weighted by molar-refractivity contribution is 0.922. The first-order valence-corrected chi connectivity index (χ1v) is 8.67. The van der Waals surface area contributed by atoms with Crippen molar-refractivity contribution in [3.8, 4) is 0 Å². The molecule has 2 heteroatoms. The monoisotopic (exact) mass is 318 g/mol. The average Bonchev–Trinajstić information content (AvgIpc) is 2.62. The van der Waals surface area contributed by atoms with Gasteiger partial charge in [0, 0.05) is 0 Å². The summed E-state index contributed by atoms with van der Waals surface area (Å²) in [6.45, 7) is 4.25. The first kappa shape index (κ1) is 17.9. The number of nitrogens with zero attached hydrogens (tertiary/aromatic N) is 2. The number of hydrogen-bond donors (Lipinski definition) is 0. The molecule has 0 aliphatic carbocycles. The van der Waals surface area contributed by atoms with E-state index in [-0.39, 0.29) is 0 Å². The van der Waals surface area contributed by atoms with Crippen molar-refractivity contribution in [1.29, 1.82) is 0 Å². The highest BCUT2D eigenvalue weighted by Crippen LogP contribution is 2.07. The molecule has 0 fully saturated rings. The Hall–Kier alpha value is -2.48. The molecule has 0 aliphatic heterocycles. The molecule has 0 atom stereocenters. The molecule has 0 unspecified atom stereocenters. The van der Waals surface area contributed by atoms with Gasteiger partial charge in [-0.3, -0.25) is 0 Å². The summed E-state index contributed by atoms with van der Waals surface area (Å²) >= 11 is 0. The van der Waals surface area contributed by atoms with Crippen LogP contribution < -0.4 is 0 Å². The molecular formula is C22H26N2. The van der Waals surface area contributed by atoms with Crippen molar-refractivity contribution < 1.29 is 0 Å². The van der Waals surface area contributed by atoms with Crippen LogP contribution in [0.5, 0.6) is 0 Å². The van der Waals surface area contributed by atoms with Gasteiger partial charge in [-0.25, -0.2) is 0 Å². The van der Waals surface area contributed by atoms with Crippen molar-refractivity contribution >= 4 is 12.4 Å². The summed E-state index contributed by atoms with van der Waals surface area (Å²) in [5.41, 5.74) is 4.86. The van der Waals surface area contributed by atoms with Crippen LogP contribution in [0, 0.1) is 0 Å². The van der Waals surface area contributed by atoms with Crippen LogP contribution in [0.2, 0.25) is 0 Å². The first-order valence-electron chi connectivity index (χ1n) is 8.67. The second-order valence-corrected chi connectivity index (χ2v) is 5.83. The second kappa shape index (κ2) is 10.3. The maximum absolute atomic E-state index is 4.13. The molecule has 124 valence electrons. The van der Waals surface area contributed by atoms with E-state index >= 15 is 0 Å². The van der Waals surface area contributed by atoms with Crippen LogP contribution >= 0.6 is 0 Å². The average molecular weight is 318 g/mol. The Labute approximate surface area is 145 Å². The second-order valence-electron chi connectivity index (χ2n) is 5.83. The van der Waals surface area contributed by atoms with Gasteiger partial charge >= 0.3 is 0 Å². The van der Waals surface area contributed by atoms with E-state index in [1.807, 2.05) is 0 Å². The Balaban J connectivity index is 1.86. The van der Waals surface area contributed by atoms with Crippen molar-refractivity contribution in [2.24, 2.45) is 10.2 Å². The molecule has 0 saturated heterocycles. The van der Waals surface area contributed by atoms with Crippen molar-refractivity contribution in [3.05, 3.63) is 82.9 Å². The third-order valence-electron chi connectivity index (χ3n) is 3.81. The van der Waals surface area contributed by atoms with Gasteiger partial charge in [0.15, 0.2) is 0 Å². The molecule has 0 spiro atoms. The molecule has 0 heterocycles. The molecule has 24 heavy (non-hydrogen) atoms. The number of rotatable bonds is 8. The first-order chi connectivity index (χ1) is 11.8. The lowest BCUT2D eigenvalue weighted by Crippen LogP contribution is -1.86. The molecule has 2 aromatic rings. The molecule has 0 radical (unpaired) electrons. The van der Waals surface area contributed by atoms with Gasteiger partial charge in [-0.1, -0.05) is 74.0 Å². The highest BCUT2D eigenvalue weighted by molar-refractivity contribution is 5.82. The summed E-state index contributed by atoms with van der Waals surface area (Å²) in [6.07, 6.45) is 12.3.